The lowest BCUT2D eigenvalue weighted by molar-refractivity contribution is -0.128. The van der Waals surface area contributed by atoms with Crippen LogP contribution in [0.4, 0.5) is 5.69 Å². The first-order valence-electron chi connectivity index (χ1n) is 14.2. The lowest BCUT2D eigenvalue weighted by Gasteiger charge is -2.29. The van der Waals surface area contributed by atoms with Gasteiger partial charge < -0.3 is 20.6 Å². The van der Waals surface area contributed by atoms with Crippen molar-refractivity contribution < 1.29 is 14.7 Å². The standard InChI is InChI=1S/C32H37N7O3/c1-21(40)19-33-32(2,3)18-29(41)34-27-17-16-24-8-4-7-11-28(24)39(31(27)42)20-22-12-14-23(15-13-22)25-9-5-6-10-26(25)30-35-37-38-36-30/h4-15,21,27,33,40H,16-20H2,1-3H3,(H,34,41)(H,35,36,37,38)/t21?,27-/m1/s1. The summed E-state index contributed by atoms with van der Waals surface area (Å²) in [5, 5.41) is 30.1. The molecular formula is C32H37N7O3. The molecule has 0 bridgehead atoms. The number of β-amino-alcohol motifs (C(OH)–C–C–N with tert-alkyl or cyclic N) is 1. The van der Waals surface area contributed by atoms with Gasteiger partial charge in [-0.2, -0.15) is 0 Å². The molecule has 2 atom stereocenters. The highest BCUT2D eigenvalue weighted by molar-refractivity contribution is 6.00. The van der Waals surface area contributed by atoms with Crippen LogP contribution in [0.15, 0.2) is 72.8 Å². The zero-order chi connectivity index (χ0) is 29.7. The third-order valence-electron chi connectivity index (χ3n) is 7.50. The molecule has 42 heavy (non-hydrogen) atoms. The van der Waals surface area contributed by atoms with Crippen molar-refractivity contribution in [2.24, 2.45) is 0 Å². The van der Waals surface area contributed by atoms with E-state index in [0.29, 0.717) is 31.8 Å². The van der Waals surface area contributed by atoms with E-state index in [1.54, 1.807) is 11.8 Å². The van der Waals surface area contributed by atoms with E-state index in [0.717, 1.165) is 33.5 Å². The Morgan fingerprint density at radius 1 is 1.07 bits per heavy atom. The van der Waals surface area contributed by atoms with Crippen molar-refractivity contribution in [3.63, 3.8) is 0 Å². The first-order chi connectivity index (χ1) is 20.2. The van der Waals surface area contributed by atoms with Gasteiger partial charge in [0.15, 0.2) is 5.82 Å². The molecule has 1 aromatic heterocycles. The molecule has 0 spiro atoms. The van der Waals surface area contributed by atoms with E-state index in [1.165, 1.54) is 0 Å². The minimum Gasteiger partial charge on any atom is -0.392 e. The molecule has 1 aliphatic rings. The highest BCUT2D eigenvalue weighted by Crippen LogP contribution is 2.32. The van der Waals surface area contributed by atoms with Crippen LogP contribution in [0.3, 0.4) is 0 Å². The molecule has 4 N–H and O–H groups in total. The summed E-state index contributed by atoms with van der Waals surface area (Å²) >= 11 is 0. The van der Waals surface area contributed by atoms with Crippen LogP contribution in [0.1, 0.15) is 44.7 Å². The van der Waals surface area contributed by atoms with Crippen LogP contribution in [0.2, 0.25) is 0 Å². The molecule has 4 aromatic rings. The van der Waals surface area contributed by atoms with Gasteiger partial charge in [0.2, 0.25) is 11.8 Å². The third kappa shape index (κ3) is 6.89. The summed E-state index contributed by atoms with van der Waals surface area (Å²) in [5.41, 5.74) is 5.28. The van der Waals surface area contributed by atoms with E-state index in [2.05, 4.69) is 31.3 Å². The fourth-order valence-electron chi connectivity index (χ4n) is 5.33. The zero-order valence-electron chi connectivity index (χ0n) is 24.2. The second-order valence-electron chi connectivity index (χ2n) is 11.5. The van der Waals surface area contributed by atoms with E-state index >= 15 is 0 Å². The van der Waals surface area contributed by atoms with Crippen LogP contribution in [-0.4, -0.2) is 61.8 Å². The molecule has 0 fully saturated rings. The van der Waals surface area contributed by atoms with Crippen molar-refractivity contribution >= 4 is 17.5 Å². The van der Waals surface area contributed by atoms with Crippen molar-refractivity contribution in [3.05, 3.63) is 83.9 Å². The topological polar surface area (TPSA) is 136 Å². The van der Waals surface area contributed by atoms with Gasteiger partial charge in [-0.15, -0.1) is 5.10 Å². The number of aliphatic hydroxyl groups excluding tert-OH is 1. The molecule has 0 aliphatic carbocycles. The maximum atomic E-state index is 13.9. The first-order valence-corrected chi connectivity index (χ1v) is 14.2. The SMILES string of the molecule is CC(O)CNC(C)(C)CC(=O)N[C@@H]1CCc2ccccc2N(Cc2ccc(-c3ccccc3-c3nnn[nH]3)cc2)C1=O. The predicted molar refractivity (Wildman–Crippen MR) is 161 cm³/mol. The van der Waals surface area contributed by atoms with Crippen molar-refractivity contribution in [2.75, 3.05) is 11.4 Å². The number of amides is 2. The van der Waals surface area contributed by atoms with Crippen LogP contribution in [0.25, 0.3) is 22.5 Å². The number of fused-ring (bicyclic) bond motifs is 1. The number of aromatic amines is 1. The van der Waals surface area contributed by atoms with E-state index < -0.39 is 17.7 Å². The highest BCUT2D eigenvalue weighted by atomic mass is 16.3. The molecule has 5 rings (SSSR count). The van der Waals surface area contributed by atoms with Gasteiger partial charge in [0, 0.05) is 29.8 Å². The predicted octanol–water partition coefficient (Wildman–Crippen LogP) is 3.64. The number of hydrogen-bond acceptors (Lipinski definition) is 7. The number of H-pyrrole nitrogens is 1. The van der Waals surface area contributed by atoms with Gasteiger partial charge >= 0.3 is 0 Å². The number of tetrazole rings is 1. The average molecular weight is 568 g/mol. The number of nitrogens with zero attached hydrogens (tertiary/aromatic N) is 4. The van der Waals surface area contributed by atoms with Crippen molar-refractivity contribution in [1.82, 2.24) is 31.3 Å². The molecule has 10 nitrogen and oxygen atoms in total. The van der Waals surface area contributed by atoms with Crippen LogP contribution in [-0.2, 0) is 22.6 Å². The van der Waals surface area contributed by atoms with Crippen LogP contribution in [0, 0.1) is 0 Å². The average Bonchev–Trinajstić information content (AvgIpc) is 3.48. The van der Waals surface area contributed by atoms with E-state index in [4.69, 9.17) is 0 Å². The van der Waals surface area contributed by atoms with Crippen molar-refractivity contribution in [3.8, 4) is 22.5 Å². The Balaban J connectivity index is 1.34. The maximum absolute atomic E-state index is 13.9. The Hall–Kier alpha value is -4.41. The Morgan fingerprint density at radius 3 is 2.50 bits per heavy atom. The minimum absolute atomic E-state index is 0.129. The van der Waals surface area contributed by atoms with Crippen molar-refractivity contribution in [1.29, 1.82) is 0 Å². The number of aromatic nitrogens is 4. The summed E-state index contributed by atoms with van der Waals surface area (Å²) in [4.78, 5) is 28.8. The monoisotopic (exact) mass is 567 g/mol. The van der Waals surface area contributed by atoms with Crippen LogP contribution < -0.4 is 15.5 Å². The third-order valence-corrected chi connectivity index (χ3v) is 7.50. The smallest absolute Gasteiger partial charge is 0.249 e. The number of rotatable bonds is 10. The van der Waals surface area contributed by atoms with Gasteiger partial charge in [-0.05, 0) is 72.4 Å². The summed E-state index contributed by atoms with van der Waals surface area (Å²) in [7, 11) is 0. The fraction of sp³-hybridized carbons (Fsp3) is 0.344. The lowest BCUT2D eigenvalue weighted by atomic mass is 9.98. The largest absolute Gasteiger partial charge is 0.392 e. The van der Waals surface area contributed by atoms with Crippen LogP contribution in [0.5, 0.6) is 0 Å². The number of nitrogens with one attached hydrogen (secondary N) is 3. The summed E-state index contributed by atoms with van der Waals surface area (Å²) in [6.45, 7) is 6.28. The van der Waals surface area contributed by atoms with Gasteiger partial charge in [0.25, 0.3) is 0 Å². The molecule has 218 valence electrons. The number of benzene rings is 3. The van der Waals surface area contributed by atoms with Gasteiger partial charge in [0.05, 0.1) is 12.6 Å². The van der Waals surface area contributed by atoms with E-state index in [-0.39, 0.29) is 18.2 Å². The summed E-state index contributed by atoms with van der Waals surface area (Å²) < 4.78 is 0. The normalized spacial score (nSPS) is 16.0. The number of aryl methyl sites for hydroxylation is 1. The molecule has 0 saturated heterocycles. The van der Waals surface area contributed by atoms with Crippen molar-refractivity contribution in [2.45, 2.75) is 64.3 Å². The number of hydrogen-bond donors (Lipinski definition) is 4. The molecule has 2 amide bonds. The summed E-state index contributed by atoms with van der Waals surface area (Å²) in [6, 6.07) is 23.3. The Bertz CT molecular complexity index is 1520. The van der Waals surface area contributed by atoms with Gasteiger partial charge in [-0.1, -0.05) is 66.7 Å². The molecular weight excluding hydrogens is 530 g/mol. The number of anilines is 1. The summed E-state index contributed by atoms with van der Waals surface area (Å²) in [5.74, 6) is 0.263. The molecule has 1 aliphatic heterocycles. The Morgan fingerprint density at radius 2 is 1.79 bits per heavy atom. The Labute approximate surface area is 245 Å². The second kappa shape index (κ2) is 12.6. The number of para-hydroxylation sites is 1. The maximum Gasteiger partial charge on any atom is 0.249 e. The number of carbonyl (C=O) groups is 2. The lowest BCUT2D eigenvalue weighted by Crippen LogP contribution is -2.51. The van der Waals surface area contributed by atoms with E-state index in [9.17, 15) is 14.7 Å². The first kappa shape index (κ1) is 29.1. The summed E-state index contributed by atoms with van der Waals surface area (Å²) in [6.07, 6.45) is 0.867. The molecule has 1 unspecified atom stereocenters. The zero-order valence-corrected chi connectivity index (χ0v) is 24.2. The molecule has 0 radical (unpaired) electrons. The minimum atomic E-state index is -0.640. The quantitative estimate of drug-likeness (QED) is 0.230. The second-order valence-corrected chi connectivity index (χ2v) is 11.5. The number of carbonyl (C=O) groups excluding carboxylic acids is 2. The van der Waals surface area contributed by atoms with E-state index in [1.807, 2.05) is 86.6 Å². The molecule has 0 saturated carbocycles. The molecule has 3 aromatic carbocycles. The number of aliphatic hydroxyl groups is 1. The fourth-order valence-corrected chi connectivity index (χ4v) is 5.33. The van der Waals surface area contributed by atoms with Gasteiger partial charge in [-0.25, -0.2) is 5.10 Å². The highest BCUT2D eigenvalue weighted by Gasteiger charge is 2.32. The molecule has 2 heterocycles. The molecule has 10 heteroatoms. The van der Waals surface area contributed by atoms with Gasteiger partial charge in [-0.3, -0.25) is 9.59 Å². The van der Waals surface area contributed by atoms with Gasteiger partial charge in [0.1, 0.15) is 6.04 Å². The Kier molecular flexibility index (Phi) is 8.75. The van der Waals surface area contributed by atoms with Crippen LogP contribution >= 0.6 is 0 Å².